The van der Waals surface area contributed by atoms with Gasteiger partial charge in [-0.15, -0.1) is 0 Å². The lowest BCUT2D eigenvalue weighted by molar-refractivity contribution is 0.387. The predicted molar refractivity (Wildman–Crippen MR) is 84.3 cm³/mol. The smallest absolute Gasteiger partial charge is 0.223 e. The highest BCUT2D eigenvalue weighted by atomic mass is 15.3. The first kappa shape index (κ1) is 13.1. The molecule has 4 rings (SSSR count). The molecule has 3 aliphatic rings. The number of rotatable bonds is 4. The molecule has 0 radical (unpaired) electrons. The maximum atomic E-state index is 5.89. The average Bonchev–Trinajstić information content (AvgIpc) is 3.09. The molecule has 0 spiro atoms. The van der Waals surface area contributed by atoms with Gasteiger partial charge in [-0.25, -0.2) is 0 Å². The molecule has 3 N–H and O–H groups in total. The summed E-state index contributed by atoms with van der Waals surface area (Å²) in [6.45, 7) is 5.59. The van der Waals surface area contributed by atoms with Crippen LogP contribution >= 0.6 is 0 Å². The minimum Gasteiger partial charge on any atom is -0.370 e. The molecule has 2 aliphatic heterocycles. The van der Waals surface area contributed by atoms with Gasteiger partial charge < -0.3 is 20.9 Å². The number of nitrogens with two attached hydrogens (primary N) is 1. The second-order valence-corrected chi connectivity index (χ2v) is 6.94. The third kappa shape index (κ3) is 2.77. The lowest BCUT2D eigenvalue weighted by atomic mass is 10.0. The Hall–Kier alpha value is -1.56. The molecule has 2 unspecified atom stereocenters. The van der Waals surface area contributed by atoms with Gasteiger partial charge in [-0.3, -0.25) is 0 Å². The molecule has 0 bridgehead atoms. The minimum atomic E-state index is 0.375. The van der Waals surface area contributed by atoms with Crippen LogP contribution in [-0.4, -0.2) is 54.6 Å². The topological polar surface area (TPSA) is 70.3 Å². The number of nitrogen functional groups attached to an aromatic ring is 1. The van der Waals surface area contributed by atoms with Gasteiger partial charge in [-0.05, 0) is 37.6 Å². The highest BCUT2D eigenvalue weighted by Crippen LogP contribution is 2.33. The molecule has 21 heavy (non-hydrogen) atoms. The third-order valence-electron chi connectivity index (χ3n) is 4.99. The summed E-state index contributed by atoms with van der Waals surface area (Å²) >= 11 is 0. The minimum absolute atomic E-state index is 0.375. The van der Waals surface area contributed by atoms with Crippen molar-refractivity contribution in [2.24, 2.45) is 17.8 Å². The predicted octanol–water partition coefficient (Wildman–Crippen LogP) is 0.879. The molecule has 2 saturated heterocycles. The van der Waals surface area contributed by atoms with E-state index in [9.17, 15) is 0 Å². The van der Waals surface area contributed by atoms with Gasteiger partial charge in [-0.1, -0.05) is 0 Å². The van der Waals surface area contributed by atoms with Gasteiger partial charge >= 0.3 is 0 Å². The molecule has 6 heteroatoms. The van der Waals surface area contributed by atoms with Crippen LogP contribution in [0.25, 0.3) is 0 Å². The van der Waals surface area contributed by atoms with E-state index in [0.29, 0.717) is 5.95 Å². The number of likely N-dealkylation sites (tertiary alicyclic amines) is 1. The number of aromatic nitrogens is 2. The maximum Gasteiger partial charge on any atom is 0.223 e. The van der Waals surface area contributed by atoms with Crippen LogP contribution in [0.4, 0.5) is 17.6 Å². The van der Waals surface area contributed by atoms with Crippen LogP contribution in [0, 0.1) is 17.8 Å². The molecule has 6 nitrogen and oxygen atoms in total. The van der Waals surface area contributed by atoms with Crippen molar-refractivity contribution >= 4 is 17.6 Å². The Morgan fingerprint density at radius 3 is 2.57 bits per heavy atom. The Morgan fingerprint density at radius 1 is 1.19 bits per heavy atom. The van der Waals surface area contributed by atoms with E-state index in [4.69, 9.17) is 5.73 Å². The number of fused-ring (bicyclic) bond motifs is 1. The number of nitrogens with zero attached hydrogens (tertiary/aromatic N) is 4. The number of hydrogen-bond donors (Lipinski definition) is 2. The normalized spacial score (nSPS) is 28.9. The number of hydrogen-bond acceptors (Lipinski definition) is 6. The molecule has 0 aromatic carbocycles. The molecule has 1 aromatic heterocycles. The van der Waals surface area contributed by atoms with E-state index < -0.39 is 0 Å². The van der Waals surface area contributed by atoms with Gasteiger partial charge in [-0.2, -0.15) is 9.97 Å². The van der Waals surface area contributed by atoms with Crippen molar-refractivity contribution in [2.75, 3.05) is 55.7 Å². The van der Waals surface area contributed by atoms with Crippen molar-refractivity contribution in [1.29, 1.82) is 0 Å². The van der Waals surface area contributed by atoms with E-state index in [0.717, 1.165) is 49.0 Å². The largest absolute Gasteiger partial charge is 0.370 e. The SMILES string of the molecule is CN1CC2CN(c3cc(NCC4CC4)nc(N)n3)CC2C1. The summed E-state index contributed by atoms with van der Waals surface area (Å²) in [6.07, 6.45) is 2.67. The van der Waals surface area contributed by atoms with Gasteiger partial charge in [0.1, 0.15) is 11.6 Å². The van der Waals surface area contributed by atoms with Gasteiger partial charge in [0.15, 0.2) is 0 Å². The Morgan fingerprint density at radius 2 is 1.90 bits per heavy atom. The lowest BCUT2D eigenvalue weighted by Gasteiger charge is -2.21. The second kappa shape index (κ2) is 5.02. The van der Waals surface area contributed by atoms with Crippen molar-refractivity contribution in [1.82, 2.24) is 14.9 Å². The van der Waals surface area contributed by atoms with Crippen LogP contribution in [0.2, 0.25) is 0 Å². The summed E-state index contributed by atoms with van der Waals surface area (Å²) in [5.74, 6) is 4.60. The highest BCUT2D eigenvalue weighted by molar-refractivity contribution is 5.53. The van der Waals surface area contributed by atoms with Gasteiger partial charge in [0.25, 0.3) is 0 Å². The fraction of sp³-hybridized carbons (Fsp3) is 0.733. The molecule has 3 heterocycles. The zero-order valence-corrected chi connectivity index (χ0v) is 12.6. The second-order valence-electron chi connectivity index (χ2n) is 6.94. The fourth-order valence-corrected chi connectivity index (χ4v) is 3.69. The van der Waals surface area contributed by atoms with Crippen LogP contribution in [0.1, 0.15) is 12.8 Å². The van der Waals surface area contributed by atoms with Crippen molar-refractivity contribution < 1.29 is 0 Å². The number of anilines is 3. The molecular weight excluding hydrogens is 264 g/mol. The van der Waals surface area contributed by atoms with Gasteiger partial charge in [0.2, 0.25) is 5.95 Å². The standard InChI is InChI=1S/C15H24N6/c1-20-6-11-8-21(9-12(11)7-20)14-4-13(18-15(16)19-14)17-5-10-2-3-10/h4,10-12H,2-3,5-9H2,1H3,(H3,16,17,18,19). The van der Waals surface area contributed by atoms with Gasteiger partial charge in [0.05, 0.1) is 0 Å². The van der Waals surface area contributed by atoms with E-state index >= 15 is 0 Å². The third-order valence-corrected chi connectivity index (χ3v) is 4.99. The van der Waals surface area contributed by atoms with E-state index in [2.05, 4.69) is 38.2 Å². The summed E-state index contributed by atoms with van der Waals surface area (Å²) in [6, 6.07) is 2.06. The van der Waals surface area contributed by atoms with Crippen molar-refractivity contribution in [3.8, 4) is 0 Å². The van der Waals surface area contributed by atoms with Crippen LogP contribution in [0.5, 0.6) is 0 Å². The van der Waals surface area contributed by atoms with E-state index in [1.54, 1.807) is 0 Å². The molecule has 0 amide bonds. The zero-order chi connectivity index (χ0) is 14.4. The molecule has 1 aromatic rings. The summed E-state index contributed by atoms with van der Waals surface area (Å²) in [5, 5.41) is 3.40. The Balaban J connectivity index is 1.47. The van der Waals surface area contributed by atoms with E-state index in [1.165, 1.54) is 25.9 Å². The van der Waals surface area contributed by atoms with Crippen LogP contribution in [0.3, 0.4) is 0 Å². The van der Waals surface area contributed by atoms with Crippen LogP contribution < -0.4 is 16.0 Å². The van der Waals surface area contributed by atoms with Crippen molar-refractivity contribution in [3.05, 3.63) is 6.07 Å². The first-order valence-electron chi connectivity index (χ1n) is 7.99. The van der Waals surface area contributed by atoms with E-state index in [-0.39, 0.29) is 0 Å². The maximum absolute atomic E-state index is 5.89. The van der Waals surface area contributed by atoms with Crippen LogP contribution in [0.15, 0.2) is 6.07 Å². The first-order chi connectivity index (χ1) is 10.2. The molecule has 3 fully saturated rings. The molecule has 114 valence electrons. The molecular formula is C15H24N6. The summed E-state index contributed by atoms with van der Waals surface area (Å²) in [5.41, 5.74) is 5.89. The van der Waals surface area contributed by atoms with Gasteiger partial charge in [0, 0.05) is 38.8 Å². The van der Waals surface area contributed by atoms with Crippen LogP contribution in [-0.2, 0) is 0 Å². The molecule has 2 atom stereocenters. The van der Waals surface area contributed by atoms with Crippen molar-refractivity contribution in [3.63, 3.8) is 0 Å². The monoisotopic (exact) mass is 288 g/mol. The molecule has 1 saturated carbocycles. The highest BCUT2D eigenvalue weighted by Gasteiger charge is 2.39. The Kier molecular flexibility index (Phi) is 3.14. The molecule has 1 aliphatic carbocycles. The summed E-state index contributed by atoms with van der Waals surface area (Å²) in [4.78, 5) is 13.6. The Bertz CT molecular complexity index is 515. The average molecular weight is 288 g/mol. The summed E-state index contributed by atoms with van der Waals surface area (Å²) in [7, 11) is 2.21. The van der Waals surface area contributed by atoms with E-state index in [1.807, 2.05) is 0 Å². The number of nitrogens with one attached hydrogen (secondary N) is 1. The zero-order valence-electron chi connectivity index (χ0n) is 12.6. The fourth-order valence-electron chi connectivity index (χ4n) is 3.69. The first-order valence-corrected chi connectivity index (χ1v) is 7.99. The quantitative estimate of drug-likeness (QED) is 0.857. The van der Waals surface area contributed by atoms with Crippen molar-refractivity contribution in [2.45, 2.75) is 12.8 Å². The lowest BCUT2D eigenvalue weighted by Crippen LogP contribution is -2.27. The Labute approximate surface area is 125 Å². The summed E-state index contributed by atoms with van der Waals surface area (Å²) < 4.78 is 0.